The first-order valence-electron chi connectivity index (χ1n) is 2.71. The Kier molecular flexibility index (Phi) is 57.3. The van der Waals surface area contributed by atoms with Crippen molar-refractivity contribution in [2.75, 3.05) is 0 Å². The molecule has 0 aromatic heterocycles. The van der Waals surface area contributed by atoms with Gasteiger partial charge in [0.2, 0.25) is 0 Å². The number of unbranched alkanes of at least 4 members (excludes halogenated alkanes) is 3. The van der Waals surface area contributed by atoms with E-state index in [0.29, 0.717) is 0 Å². The van der Waals surface area contributed by atoms with Crippen molar-refractivity contribution in [3.05, 3.63) is 14.4 Å². The average molecular weight is 205 g/mol. The minimum absolute atomic E-state index is 0. The van der Waals surface area contributed by atoms with Crippen LogP contribution in [0.1, 0.15) is 40.0 Å². The molecule has 0 bridgehead atoms. The first kappa shape index (κ1) is 22.5. The second kappa shape index (κ2) is 23.0. The largest absolute Gasteiger partial charge is 0.358 e. The Morgan fingerprint density at radius 2 is 1.67 bits per heavy atom. The number of rotatable bonds is 3. The van der Waals surface area contributed by atoms with Gasteiger partial charge in [-0.2, -0.15) is 6.42 Å². The molecule has 0 amide bonds. The Balaban J connectivity index is -0.0000000417. The summed E-state index contributed by atoms with van der Waals surface area (Å²) in [4.78, 5) is 0. The van der Waals surface area contributed by atoms with Crippen LogP contribution in [0, 0.1) is 14.4 Å². The molecule has 9 heavy (non-hydrogen) atoms. The van der Waals surface area contributed by atoms with Gasteiger partial charge in [-0.1, -0.05) is 33.6 Å². The van der Waals surface area contributed by atoms with Crippen molar-refractivity contribution in [1.29, 1.82) is 0 Å². The van der Waals surface area contributed by atoms with Crippen LogP contribution in [0.15, 0.2) is 0 Å². The molecule has 0 spiro atoms. The van der Waals surface area contributed by atoms with Gasteiger partial charge in [0.15, 0.2) is 0 Å². The summed E-state index contributed by atoms with van der Waals surface area (Å²) < 4.78 is 0. The van der Waals surface area contributed by atoms with E-state index in [1.54, 1.807) is 0 Å². The molecule has 0 heterocycles. The van der Waals surface area contributed by atoms with Crippen molar-refractivity contribution < 1.29 is 32.7 Å². The van der Waals surface area contributed by atoms with Crippen LogP contribution >= 0.6 is 0 Å². The fourth-order valence-electron chi connectivity index (χ4n) is 0.427. The van der Waals surface area contributed by atoms with Crippen molar-refractivity contribution in [2.45, 2.75) is 40.0 Å². The molecular weight excluding hydrogens is 185 g/mol. The molecule has 0 nitrogen and oxygen atoms in total. The van der Waals surface area contributed by atoms with Crippen molar-refractivity contribution in [3.8, 4) is 0 Å². The third kappa shape index (κ3) is 27.3. The van der Waals surface area contributed by atoms with Crippen molar-refractivity contribution in [3.63, 3.8) is 0 Å². The van der Waals surface area contributed by atoms with E-state index < -0.39 is 0 Å². The monoisotopic (exact) mass is 205 g/mol. The van der Waals surface area contributed by atoms with Crippen LogP contribution in [0.2, 0.25) is 0 Å². The third-order valence-corrected chi connectivity index (χ3v) is 0.854. The van der Waals surface area contributed by atoms with Gasteiger partial charge in [-0.15, -0.1) is 0 Å². The molecule has 1 heteroatoms. The van der Waals surface area contributed by atoms with E-state index >= 15 is 0 Å². The van der Waals surface area contributed by atoms with Crippen molar-refractivity contribution in [1.82, 2.24) is 0 Å². The molecule has 0 aromatic rings. The second-order valence-electron chi connectivity index (χ2n) is 1.56. The van der Waals surface area contributed by atoms with E-state index in [1.165, 1.54) is 19.3 Å². The van der Waals surface area contributed by atoms with Crippen LogP contribution < -0.4 is 0 Å². The predicted octanol–water partition coefficient (Wildman–Crippen LogP) is 3.48. The average Bonchev–Trinajstić information content (AvgIpc) is 1.61. The molecule has 1 radical (unpaired) electrons. The van der Waals surface area contributed by atoms with Gasteiger partial charge < -0.3 is 14.4 Å². The van der Waals surface area contributed by atoms with Gasteiger partial charge >= 0.3 is 0 Å². The van der Waals surface area contributed by atoms with Gasteiger partial charge in [-0.3, -0.25) is 0 Å². The molecule has 0 rings (SSSR count). The van der Waals surface area contributed by atoms with Crippen LogP contribution in [0.5, 0.6) is 0 Å². The molecule has 0 aliphatic carbocycles. The summed E-state index contributed by atoms with van der Waals surface area (Å²) in [7, 11) is 0. The molecule has 0 aliphatic rings. The molecule has 0 aromatic carbocycles. The Hall–Kier alpha value is 1.10. The van der Waals surface area contributed by atoms with Crippen LogP contribution in [0.4, 0.5) is 0 Å². The van der Waals surface area contributed by atoms with Gasteiger partial charge in [0.05, 0.1) is 0 Å². The maximum Gasteiger partial charge on any atom is 0 e. The van der Waals surface area contributed by atoms with Crippen LogP contribution in [0.25, 0.3) is 0 Å². The first-order valence-corrected chi connectivity index (χ1v) is 2.71. The maximum atomic E-state index is 3.72. The van der Waals surface area contributed by atoms with Crippen LogP contribution in [-0.2, 0) is 32.7 Å². The molecule has 0 saturated carbocycles. The van der Waals surface area contributed by atoms with Crippen molar-refractivity contribution in [2.24, 2.45) is 0 Å². The van der Waals surface area contributed by atoms with Crippen molar-refractivity contribution >= 4 is 0 Å². The van der Waals surface area contributed by atoms with Gasteiger partial charge in [-0.05, 0) is 0 Å². The smallest absolute Gasteiger partial charge is 0 e. The molecule has 0 N–H and O–H groups in total. The van der Waals surface area contributed by atoms with E-state index in [2.05, 4.69) is 13.8 Å². The van der Waals surface area contributed by atoms with Crippen LogP contribution in [0.3, 0.4) is 0 Å². The molecule has 0 aliphatic heterocycles. The summed E-state index contributed by atoms with van der Waals surface area (Å²) in [5, 5.41) is 0. The van der Waals surface area contributed by atoms with Gasteiger partial charge in [-0.25, -0.2) is 0 Å². The SMILES string of the molecule is C.[CH2-]CCCCC.[CH3-].[Y]. The minimum Gasteiger partial charge on any atom is -0.358 e. The van der Waals surface area contributed by atoms with Gasteiger partial charge in [0.1, 0.15) is 0 Å². The van der Waals surface area contributed by atoms with Gasteiger partial charge in [0.25, 0.3) is 0 Å². The minimum atomic E-state index is 0. The van der Waals surface area contributed by atoms with E-state index in [0.717, 1.165) is 6.42 Å². The zero-order valence-electron chi connectivity index (χ0n) is 6.11. The molecular formula is C8H20Y-2. The molecule has 57 valence electrons. The van der Waals surface area contributed by atoms with E-state index in [1.807, 2.05) is 0 Å². The molecule has 0 fully saturated rings. The predicted molar refractivity (Wildman–Crippen MR) is 42.6 cm³/mol. The Bertz CT molecular complexity index is 16.5. The zero-order chi connectivity index (χ0) is 4.83. The fourth-order valence-corrected chi connectivity index (χ4v) is 0.427. The standard InChI is InChI=1S/C6H13.CH4.CH3.Y/c1-3-5-6-4-2;;;/h1,3-6H2,2H3;1H4;1H3;/q-1;;-1;. The number of hydrogen-bond acceptors (Lipinski definition) is 0. The van der Waals surface area contributed by atoms with Crippen LogP contribution in [-0.4, -0.2) is 0 Å². The number of hydrogen-bond donors (Lipinski definition) is 0. The molecule has 0 unspecified atom stereocenters. The molecule has 0 atom stereocenters. The first-order chi connectivity index (χ1) is 2.91. The summed E-state index contributed by atoms with van der Waals surface area (Å²) in [6.07, 6.45) is 5.07. The maximum absolute atomic E-state index is 3.72. The zero-order valence-corrected chi connectivity index (χ0v) is 8.95. The van der Waals surface area contributed by atoms with E-state index in [4.69, 9.17) is 0 Å². The summed E-state index contributed by atoms with van der Waals surface area (Å²) in [6.45, 7) is 5.93. The third-order valence-electron chi connectivity index (χ3n) is 0.854. The molecule has 0 saturated heterocycles. The topological polar surface area (TPSA) is 0 Å². The summed E-state index contributed by atoms with van der Waals surface area (Å²) in [6, 6.07) is 0. The Morgan fingerprint density at radius 1 is 1.22 bits per heavy atom. The summed E-state index contributed by atoms with van der Waals surface area (Å²) in [5.41, 5.74) is 0. The van der Waals surface area contributed by atoms with E-state index in [-0.39, 0.29) is 47.6 Å². The Labute approximate surface area is 86.7 Å². The normalized spacial score (nSPS) is 6.00. The van der Waals surface area contributed by atoms with Gasteiger partial charge in [0, 0.05) is 32.7 Å². The fraction of sp³-hybridized carbons (Fsp3) is 0.750. The summed E-state index contributed by atoms with van der Waals surface area (Å²) >= 11 is 0. The van der Waals surface area contributed by atoms with E-state index in [9.17, 15) is 0 Å². The Morgan fingerprint density at radius 3 is 1.78 bits per heavy atom. The quantitative estimate of drug-likeness (QED) is 0.488. The second-order valence-corrected chi connectivity index (χ2v) is 1.56. The summed E-state index contributed by atoms with van der Waals surface area (Å²) in [5.74, 6) is 0.